The highest BCUT2D eigenvalue weighted by atomic mass is 32.1. The fourth-order valence-corrected chi connectivity index (χ4v) is 7.66. The number of rotatable bonds is 23. The number of thiophene rings is 1. The van der Waals surface area contributed by atoms with E-state index in [1.165, 1.54) is 22.3 Å². The lowest BCUT2D eigenvalue weighted by Crippen LogP contribution is -2.48. The van der Waals surface area contributed by atoms with Crippen molar-refractivity contribution in [1.29, 1.82) is 0 Å². The zero-order valence-corrected chi connectivity index (χ0v) is 36.4. The summed E-state index contributed by atoms with van der Waals surface area (Å²) < 4.78 is 6.28. The van der Waals surface area contributed by atoms with E-state index in [1.54, 1.807) is 9.80 Å². The lowest BCUT2D eigenvalue weighted by atomic mass is 10.0. The summed E-state index contributed by atoms with van der Waals surface area (Å²) in [6.45, 7) is -1.86. The van der Waals surface area contributed by atoms with Crippen molar-refractivity contribution >= 4 is 80.7 Å². The summed E-state index contributed by atoms with van der Waals surface area (Å²) in [4.78, 5) is 118. The van der Waals surface area contributed by atoms with Gasteiger partial charge >= 0.3 is 35.9 Å². The summed E-state index contributed by atoms with van der Waals surface area (Å²) >= 11 is 1.45. The number of nitrogens with zero attached hydrogens (tertiary/aromatic N) is 5. The van der Waals surface area contributed by atoms with Gasteiger partial charge in [0.25, 0.3) is 11.8 Å². The molecule has 25 nitrogen and oxygen atoms in total. The molecule has 66 heavy (non-hydrogen) atoms. The Balaban J connectivity index is 1.41. The molecule has 0 bridgehead atoms. The summed E-state index contributed by atoms with van der Waals surface area (Å²) in [5.41, 5.74) is 0.454. The van der Waals surface area contributed by atoms with E-state index in [-0.39, 0.29) is 115 Å². The van der Waals surface area contributed by atoms with E-state index >= 15 is 0 Å². The second-order valence-corrected chi connectivity index (χ2v) is 15.9. The molecule has 26 heteroatoms. The van der Waals surface area contributed by atoms with Crippen LogP contribution in [0.15, 0.2) is 45.2 Å². The van der Waals surface area contributed by atoms with Crippen molar-refractivity contribution in [2.45, 2.75) is 44.3 Å². The lowest BCUT2D eigenvalue weighted by Gasteiger charge is -2.29. The number of aliphatic carboxylic acids is 5. The number of unbranched alkanes of at least 4 members (excludes halogenated alkanes) is 1. The first-order valence-corrected chi connectivity index (χ1v) is 21.5. The Hall–Kier alpha value is -7.03. The van der Waals surface area contributed by atoms with Crippen LogP contribution in [0.1, 0.15) is 41.1 Å². The third-order valence-electron chi connectivity index (χ3n) is 9.94. The summed E-state index contributed by atoms with van der Waals surface area (Å²) in [6.07, 6.45) is 0.577. The molecule has 0 aliphatic carbocycles. The number of carbonyl (C=O) groups is 9. The molecule has 0 spiro atoms. The van der Waals surface area contributed by atoms with E-state index in [2.05, 4.69) is 31.4 Å². The minimum absolute atomic E-state index is 0.0264. The van der Waals surface area contributed by atoms with Crippen LogP contribution in [0.25, 0.3) is 10.1 Å². The third kappa shape index (κ3) is 17.9. The lowest BCUT2D eigenvalue weighted by molar-refractivity contribution is -0.140. The van der Waals surface area contributed by atoms with Crippen molar-refractivity contribution < 1.29 is 73.2 Å². The Kier molecular flexibility index (Phi) is 20.4. The number of benzene rings is 1. The van der Waals surface area contributed by atoms with Crippen LogP contribution in [0.5, 0.6) is 0 Å². The number of carboxylic acid groups (broad SMARTS) is 5. The first-order valence-electron chi connectivity index (χ1n) is 20.6. The Morgan fingerprint density at radius 3 is 2.05 bits per heavy atom. The van der Waals surface area contributed by atoms with Crippen molar-refractivity contribution in [3.8, 4) is 0 Å². The minimum atomic E-state index is -1.33. The molecule has 358 valence electrons. The SMILES string of the molecule is O=C(O)CNC(=O)NC(CCCCNC(=O)C(Cc1csc2ccccc12)NC(=O)c1cc(CNC(=O)C2=NCCN(CC(=O)O)CCN(CC(=O)O)CCN(CC(=O)O)C2)on1)C(=O)O. The molecule has 0 radical (unpaired) electrons. The highest BCUT2D eigenvalue weighted by Crippen LogP contribution is 2.26. The van der Waals surface area contributed by atoms with Crippen molar-refractivity contribution in [1.82, 2.24) is 46.4 Å². The zero-order chi connectivity index (χ0) is 48.2. The number of aromatic nitrogens is 1. The van der Waals surface area contributed by atoms with Crippen LogP contribution in [0.4, 0.5) is 4.79 Å². The van der Waals surface area contributed by atoms with Crippen LogP contribution >= 0.6 is 11.3 Å². The van der Waals surface area contributed by atoms with Crippen LogP contribution in [0.2, 0.25) is 0 Å². The van der Waals surface area contributed by atoms with Gasteiger partial charge in [-0.2, -0.15) is 0 Å². The first kappa shape index (κ1) is 51.6. The van der Waals surface area contributed by atoms with Gasteiger partial charge in [-0.05, 0) is 41.7 Å². The average molecular weight is 945 g/mol. The predicted molar refractivity (Wildman–Crippen MR) is 232 cm³/mol. The Morgan fingerprint density at radius 2 is 1.38 bits per heavy atom. The van der Waals surface area contributed by atoms with E-state index in [0.717, 1.165) is 15.6 Å². The second kappa shape index (κ2) is 26.1. The number of hydrogen-bond donors (Lipinski definition) is 10. The van der Waals surface area contributed by atoms with Gasteiger partial charge in [-0.15, -0.1) is 11.3 Å². The van der Waals surface area contributed by atoms with Crippen molar-refractivity contribution in [2.24, 2.45) is 4.99 Å². The monoisotopic (exact) mass is 944 g/mol. The molecule has 2 atom stereocenters. The largest absolute Gasteiger partial charge is 0.480 e. The molecule has 2 aromatic heterocycles. The van der Waals surface area contributed by atoms with Crippen LogP contribution in [-0.4, -0.2) is 195 Å². The van der Waals surface area contributed by atoms with Gasteiger partial charge in [0.2, 0.25) is 5.91 Å². The molecule has 4 rings (SSSR count). The maximum absolute atomic E-state index is 13.6. The standard InChI is InChI=1S/C40H52N10O15S/c51-32(52)18-44-40(64)46-27(39(62)63)6-3-4-8-42-36(59)28(15-24-23-66-31-7-2-1-5-26(24)31)45-38(61)29-16-25(65-47-29)17-43-37(60)30-19-50(22-35(57)58)14-13-49(21-34(55)56)12-11-48(10-9-41-30)20-33(53)54/h1-2,5,7,16,23,27-28H,3-4,6,8-15,17-22H2,(H,42,59)(H,43,60)(H,45,61)(H,51,52)(H,53,54)(H,55,56)(H,57,58)(H,62,63)(H2,44,46,64). The maximum atomic E-state index is 13.6. The van der Waals surface area contributed by atoms with Gasteiger partial charge in [0.1, 0.15) is 24.3 Å². The molecule has 1 aliphatic heterocycles. The number of amides is 5. The maximum Gasteiger partial charge on any atom is 0.326 e. The number of hydrogen-bond acceptors (Lipinski definition) is 16. The molecule has 3 heterocycles. The molecular weight excluding hydrogens is 893 g/mol. The minimum Gasteiger partial charge on any atom is -0.480 e. The van der Waals surface area contributed by atoms with Gasteiger partial charge < -0.3 is 56.6 Å². The molecule has 1 aliphatic rings. The number of carboxylic acids is 5. The van der Waals surface area contributed by atoms with E-state index in [1.807, 2.05) is 35.0 Å². The summed E-state index contributed by atoms with van der Waals surface area (Å²) in [5.74, 6) is -8.13. The molecule has 0 saturated heterocycles. The number of fused-ring (bicyclic) bond motifs is 1. The van der Waals surface area contributed by atoms with Gasteiger partial charge in [-0.3, -0.25) is 53.3 Å². The number of carbonyl (C=O) groups excluding carboxylic acids is 4. The van der Waals surface area contributed by atoms with Crippen molar-refractivity contribution in [3.63, 3.8) is 0 Å². The van der Waals surface area contributed by atoms with E-state index < -0.39 is 78.8 Å². The molecule has 3 aromatic rings. The Bertz CT molecular complexity index is 2250. The van der Waals surface area contributed by atoms with Gasteiger partial charge in [0, 0.05) is 63.0 Å². The normalized spacial score (nSPS) is 15.2. The molecule has 0 saturated carbocycles. The highest BCUT2D eigenvalue weighted by molar-refractivity contribution is 7.17. The Morgan fingerprint density at radius 1 is 0.727 bits per heavy atom. The fourth-order valence-electron chi connectivity index (χ4n) is 6.68. The topological polar surface area (TPSA) is 363 Å². The number of urea groups is 1. The average Bonchev–Trinajstić information content (AvgIpc) is 3.90. The van der Waals surface area contributed by atoms with Gasteiger partial charge in [0.15, 0.2) is 11.5 Å². The Labute approximate surface area is 380 Å². The molecule has 0 fully saturated rings. The second-order valence-electron chi connectivity index (χ2n) is 15.0. The third-order valence-corrected chi connectivity index (χ3v) is 11.0. The molecule has 2 unspecified atom stereocenters. The van der Waals surface area contributed by atoms with Crippen LogP contribution in [0.3, 0.4) is 0 Å². The van der Waals surface area contributed by atoms with Crippen LogP contribution in [-0.2, 0) is 46.5 Å². The predicted octanol–water partition coefficient (Wildman–Crippen LogP) is -1.42. The van der Waals surface area contributed by atoms with Gasteiger partial charge in [-0.25, -0.2) is 9.59 Å². The summed E-state index contributed by atoms with van der Waals surface area (Å²) in [6, 6.07) is 5.34. The van der Waals surface area contributed by atoms with E-state index in [4.69, 9.17) is 9.63 Å². The van der Waals surface area contributed by atoms with Crippen molar-refractivity contribution in [2.75, 3.05) is 78.5 Å². The number of nitrogens with one attached hydrogen (secondary N) is 5. The summed E-state index contributed by atoms with van der Waals surface area (Å²) in [7, 11) is 0. The molecule has 10 N–H and O–H groups in total. The van der Waals surface area contributed by atoms with Crippen molar-refractivity contribution in [3.05, 3.63) is 52.7 Å². The molecular formula is C40H52N10O15S. The van der Waals surface area contributed by atoms with E-state index in [0.29, 0.717) is 0 Å². The fraction of sp³-hybridized carbons (Fsp3) is 0.475. The number of aliphatic imine (C=N–C) groups is 1. The first-order chi connectivity index (χ1) is 31.5. The van der Waals surface area contributed by atoms with Gasteiger partial charge in [0.05, 0.1) is 32.7 Å². The quantitative estimate of drug-likeness (QED) is 0.0488. The summed E-state index contributed by atoms with van der Waals surface area (Å²) in [5, 5.41) is 65.4. The highest BCUT2D eigenvalue weighted by Gasteiger charge is 2.27. The van der Waals surface area contributed by atoms with Gasteiger partial charge in [-0.1, -0.05) is 23.4 Å². The zero-order valence-electron chi connectivity index (χ0n) is 35.6. The smallest absolute Gasteiger partial charge is 0.326 e. The van der Waals surface area contributed by atoms with Crippen LogP contribution in [0, 0.1) is 0 Å². The molecule has 1 aromatic carbocycles. The molecule has 5 amide bonds. The van der Waals surface area contributed by atoms with E-state index in [9.17, 15) is 63.6 Å². The van der Waals surface area contributed by atoms with Crippen LogP contribution < -0.4 is 26.6 Å².